The Morgan fingerprint density at radius 3 is 2.81 bits per heavy atom. The van der Waals surface area contributed by atoms with Gasteiger partial charge in [-0.15, -0.1) is 24.5 Å². The Morgan fingerprint density at radius 1 is 1.34 bits per heavy atom. The van der Waals surface area contributed by atoms with Crippen molar-refractivity contribution in [3.63, 3.8) is 0 Å². The predicted octanol–water partition coefficient (Wildman–Crippen LogP) is 4.11. The molecule has 0 radical (unpaired) electrons. The van der Waals surface area contributed by atoms with E-state index in [0.717, 1.165) is 19.5 Å². The molecule has 2 aromatic heterocycles. The van der Waals surface area contributed by atoms with Gasteiger partial charge in [-0.25, -0.2) is 9.67 Å². The Hall–Kier alpha value is -2.92. The van der Waals surface area contributed by atoms with Crippen molar-refractivity contribution in [2.75, 3.05) is 13.1 Å². The summed E-state index contributed by atoms with van der Waals surface area (Å²) in [7, 11) is 0. The summed E-state index contributed by atoms with van der Waals surface area (Å²) in [5.74, 6) is -0.491. The third-order valence-electron chi connectivity index (χ3n) is 5.11. The van der Waals surface area contributed by atoms with E-state index >= 15 is 0 Å². The van der Waals surface area contributed by atoms with E-state index in [1.807, 2.05) is 18.7 Å². The molecule has 0 spiro atoms. The number of thiazole rings is 1. The smallest absolute Gasteiger partial charge is 0.403 e. The van der Waals surface area contributed by atoms with Gasteiger partial charge in [0.05, 0.1) is 6.20 Å². The first kappa shape index (κ1) is 22.3. The normalized spacial score (nSPS) is 16.5. The van der Waals surface area contributed by atoms with Crippen LogP contribution in [0.3, 0.4) is 0 Å². The number of benzene rings is 1. The number of alkyl halides is 3. The number of hydrogen-bond acceptors (Lipinski definition) is 6. The van der Waals surface area contributed by atoms with E-state index in [9.17, 15) is 18.0 Å². The van der Waals surface area contributed by atoms with Gasteiger partial charge in [0.25, 0.3) is 5.91 Å². The summed E-state index contributed by atoms with van der Waals surface area (Å²) in [6.45, 7) is 5.59. The molecule has 1 aromatic carbocycles. The molecule has 1 atom stereocenters. The molecule has 11 heteroatoms. The van der Waals surface area contributed by atoms with Gasteiger partial charge in [0.15, 0.2) is 5.75 Å². The summed E-state index contributed by atoms with van der Waals surface area (Å²) in [5.41, 5.74) is 1.08. The lowest BCUT2D eigenvalue weighted by atomic mass is 10.1. The van der Waals surface area contributed by atoms with E-state index in [1.165, 1.54) is 40.4 Å². The van der Waals surface area contributed by atoms with Crippen molar-refractivity contribution in [1.82, 2.24) is 25.0 Å². The molecule has 1 aliphatic rings. The SMILES string of the molecule is CC(C)N(C(=O)c1csc(-c2cnn(-c3ccccc3OC(F)(F)F)c2)n1)[C@H]1CCNC1. The molecule has 1 saturated heterocycles. The Balaban J connectivity index is 1.57. The number of para-hydroxylation sites is 2. The van der Waals surface area contributed by atoms with Crippen LogP contribution in [0.1, 0.15) is 30.8 Å². The second-order valence-electron chi connectivity index (χ2n) is 7.68. The third kappa shape index (κ3) is 4.78. The maximum Gasteiger partial charge on any atom is 0.573 e. The van der Waals surface area contributed by atoms with Crippen molar-refractivity contribution < 1.29 is 22.7 Å². The fourth-order valence-corrected chi connectivity index (χ4v) is 4.53. The number of ether oxygens (including phenoxy) is 1. The average molecular weight is 466 g/mol. The van der Waals surface area contributed by atoms with Crippen molar-refractivity contribution >= 4 is 17.2 Å². The van der Waals surface area contributed by atoms with Gasteiger partial charge < -0.3 is 15.0 Å². The maximum absolute atomic E-state index is 13.1. The number of carbonyl (C=O) groups is 1. The van der Waals surface area contributed by atoms with Gasteiger partial charge in [-0.3, -0.25) is 4.79 Å². The first-order chi connectivity index (χ1) is 15.2. The highest BCUT2D eigenvalue weighted by Gasteiger charge is 2.33. The van der Waals surface area contributed by atoms with E-state index in [4.69, 9.17) is 0 Å². The van der Waals surface area contributed by atoms with E-state index in [-0.39, 0.29) is 29.4 Å². The van der Waals surface area contributed by atoms with Crippen molar-refractivity contribution in [2.45, 2.75) is 38.7 Å². The molecule has 0 unspecified atom stereocenters. The van der Waals surface area contributed by atoms with Crippen molar-refractivity contribution in [3.05, 3.63) is 47.7 Å². The standard InChI is InChI=1S/C21H22F3N5O2S/c1-13(2)29(15-7-8-25-10-15)20(30)16-12-32-19(27-16)14-9-26-28(11-14)17-5-3-4-6-18(17)31-21(22,23)24/h3-6,9,11-13,15,25H,7-8,10H2,1-2H3/t15-/m0/s1. The van der Waals surface area contributed by atoms with Gasteiger partial charge in [0.2, 0.25) is 0 Å². The number of carbonyl (C=O) groups excluding carboxylic acids is 1. The third-order valence-corrected chi connectivity index (χ3v) is 6.00. The highest BCUT2D eigenvalue weighted by atomic mass is 32.1. The minimum Gasteiger partial charge on any atom is -0.403 e. The average Bonchev–Trinajstić information content (AvgIpc) is 3.48. The second-order valence-corrected chi connectivity index (χ2v) is 8.54. The van der Waals surface area contributed by atoms with Crippen LogP contribution in [-0.4, -0.2) is 57.1 Å². The molecule has 1 fully saturated rings. The molecular weight excluding hydrogens is 443 g/mol. The van der Waals surface area contributed by atoms with Crippen LogP contribution in [0, 0.1) is 0 Å². The summed E-state index contributed by atoms with van der Waals surface area (Å²) in [4.78, 5) is 19.5. The minimum absolute atomic E-state index is 0.0328. The van der Waals surface area contributed by atoms with Gasteiger partial charge >= 0.3 is 6.36 Å². The Morgan fingerprint density at radius 2 is 2.12 bits per heavy atom. The highest BCUT2D eigenvalue weighted by Crippen LogP contribution is 2.31. The number of amides is 1. The Labute approximate surface area is 186 Å². The van der Waals surface area contributed by atoms with E-state index in [1.54, 1.807) is 17.6 Å². The molecule has 170 valence electrons. The topological polar surface area (TPSA) is 72.3 Å². The van der Waals surface area contributed by atoms with Crippen LogP contribution in [-0.2, 0) is 0 Å². The zero-order chi connectivity index (χ0) is 22.9. The first-order valence-electron chi connectivity index (χ1n) is 10.1. The van der Waals surface area contributed by atoms with Gasteiger partial charge in [0, 0.05) is 35.8 Å². The fourth-order valence-electron chi connectivity index (χ4n) is 3.76. The second kappa shape index (κ2) is 8.91. The lowest BCUT2D eigenvalue weighted by Gasteiger charge is -2.31. The molecule has 0 bridgehead atoms. The van der Waals surface area contributed by atoms with Crippen molar-refractivity contribution in [1.29, 1.82) is 0 Å². The number of aromatic nitrogens is 3. The lowest BCUT2D eigenvalue weighted by Crippen LogP contribution is -2.46. The predicted molar refractivity (Wildman–Crippen MR) is 114 cm³/mol. The quantitative estimate of drug-likeness (QED) is 0.593. The molecule has 3 aromatic rings. The number of nitrogens with one attached hydrogen (secondary N) is 1. The molecule has 0 saturated carbocycles. The van der Waals surface area contributed by atoms with Gasteiger partial charge in [-0.1, -0.05) is 12.1 Å². The zero-order valence-corrected chi connectivity index (χ0v) is 18.3. The fraction of sp³-hybridized carbons (Fsp3) is 0.381. The summed E-state index contributed by atoms with van der Waals surface area (Å²) in [5, 5.41) is 9.70. The number of nitrogens with zero attached hydrogens (tertiary/aromatic N) is 4. The molecule has 1 aliphatic heterocycles. The molecule has 32 heavy (non-hydrogen) atoms. The largest absolute Gasteiger partial charge is 0.573 e. The van der Waals surface area contributed by atoms with E-state index in [2.05, 4.69) is 20.1 Å². The Kier molecular flexibility index (Phi) is 6.20. The first-order valence-corrected chi connectivity index (χ1v) is 11.0. The van der Waals surface area contributed by atoms with Crippen molar-refractivity contribution in [3.8, 4) is 22.0 Å². The monoisotopic (exact) mass is 465 g/mol. The maximum atomic E-state index is 13.1. The number of halogens is 3. The van der Waals surface area contributed by atoms with Crippen LogP contribution < -0.4 is 10.1 Å². The Bertz CT molecular complexity index is 1090. The van der Waals surface area contributed by atoms with Crippen LogP contribution in [0.25, 0.3) is 16.3 Å². The lowest BCUT2D eigenvalue weighted by molar-refractivity contribution is -0.274. The summed E-state index contributed by atoms with van der Waals surface area (Å²) in [6.07, 6.45) is -0.855. The molecule has 3 heterocycles. The van der Waals surface area contributed by atoms with Gasteiger partial charge in [0.1, 0.15) is 16.4 Å². The molecule has 0 aliphatic carbocycles. The summed E-state index contributed by atoms with van der Waals surface area (Å²) >= 11 is 1.29. The minimum atomic E-state index is -4.81. The molecule has 7 nitrogen and oxygen atoms in total. The number of rotatable bonds is 6. The van der Waals surface area contributed by atoms with Crippen LogP contribution in [0.15, 0.2) is 42.0 Å². The molecule has 4 rings (SSSR count). The summed E-state index contributed by atoms with van der Waals surface area (Å²) < 4.78 is 43.6. The van der Waals surface area contributed by atoms with Gasteiger partial charge in [-0.2, -0.15) is 5.10 Å². The van der Waals surface area contributed by atoms with Crippen molar-refractivity contribution in [2.24, 2.45) is 0 Å². The van der Waals surface area contributed by atoms with E-state index < -0.39 is 6.36 Å². The van der Waals surface area contributed by atoms with Crippen LogP contribution >= 0.6 is 11.3 Å². The summed E-state index contributed by atoms with van der Waals surface area (Å²) in [6, 6.07) is 5.91. The molecule has 1 N–H and O–H groups in total. The highest BCUT2D eigenvalue weighted by molar-refractivity contribution is 7.13. The zero-order valence-electron chi connectivity index (χ0n) is 17.5. The molecule has 1 amide bonds. The van der Waals surface area contributed by atoms with Crippen LogP contribution in [0.4, 0.5) is 13.2 Å². The van der Waals surface area contributed by atoms with Crippen LogP contribution in [0.5, 0.6) is 5.75 Å². The van der Waals surface area contributed by atoms with Gasteiger partial charge in [-0.05, 0) is 38.9 Å². The molecular formula is C21H22F3N5O2S. The van der Waals surface area contributed by atoms with Crippen LogP contribution in [0.2, 0.25) is 0 Å². The number of hydrogen-bond donors (Lipinski definition) is 1. The van der Waals surface area contributed by atoms with E-state index in [0.29, 0.717) is 16.3 Å².